The van der Waals surface area contributed by atoms with E-state index < -0.39 is 0 Å². The predicted octanol–water partition coefficient (Wildman–Crippen LogP) is 1.40. The summed E-state index contributed by atoms with van der Waals surface area (Å²) in [5, 5.41) is 0. The summed E-state index contributed by atoms with van der Waals surface area (Å²) in [5.41, 5.74) is 2.25. The number of anilines is 1. The van der Waals surface area contributed by atoms with Crippen LogP contribution in [0.1, 0.15) is 12.0 Å². The van der Waals surface area contributed by atoms with Gasteiger partial charge in [0, 0.05) is 19.2 Å². The molecule has 0 bridgehead atoms. The van der Waals surface area contributed by atoms with E-state index in [-0.39, 0.29) is 5.91 Å². The molecule has 1 aromatic rings. The molecule has 0 fully saturated rings. The Morgan fingerprint density at radius 1 is 1.50 bits per heavy atom. The third kappa shape index (κ3) is 0.998. The lowest BCUT2D eigenvalue weighted by Crippen LogP contribution is -2.30. The monoisotopic (exact) mass is 160 g/mol. The maximum atomic E-state index is 11.3. The quantitative estimate of drug-likeness (QED) is 0.561. The van der Waals surface area contributed by atoms with Crippen LogP contribution in [-0.2, 0) is 11.2 Å². The number of carbonyl (C=O) groups is 1. The first kappa shape index (κ1) is 7.35. The van der Waals surface area contributed by atoms with Crippen molar-refractivity contribution < 1.29 is 4.79 Å². The van der Waals surface area contributed by atoms with Gasteiger partial charge in [0.05, 0.1) is 0 Å². The number of hydrogen-bond acceptors (Lipinski definition) is 1. The zero-order valence-corrected chi connectivity index (χ0v) is 7.00. The highest BCUT2D eigenvalue weighted by molar-refractivity contribution is 5.95. The first-order chi connectivity index (χ1) is 5.79. The topological polar surface area (TPSA) is 20.3 Å². The van der Waals surface area contributed by atoms with E-state index in [4.69, 9.17) is 0 Å². The van der Waals surface area contributed by atoms with E-state index in [9.17, 15) is 4.79 Å². The van der Waals surface area contributed by atoms with Gasteiger partial charge in [-0.3, -0.25) is 4.79 Å². The summed E-state index contributed by atoms with van der Waals surface area (Å²) in [6.45, 7) is 0. The molecule has 0 aliphatic carbocycles. The van der Waals surface area contributed by atoms with Crippen LogP contribution in [-0.4, -0.2) is 13.0 Å². The van der Waals surface area contributed by atoms with Crippen LogP contribution >= 0.6 is 0 Å². The van der Waals surface area contributed by atoms with Gasteiger partial charge >= 0.3 is 0 Å². The molecule has 1 aliphatic heterocycles. The van der Waals surface area contributed by atoms with Gasteiger partial charge in [0.15, 0.2) is 0 Å². The summed E-state index contributed by atoms with van der Waals surface area (Å²) in [5.74, 6) is 0.203. The van der Waals surface area contributed by atoms with Gasteiger partial charge in [0.25, 0.3) is 0 Å². The number of benzene rings is 1. The smallest absolute Gasteiger partial charge is 0.227 e. The number of amides is 1. The number of aryl methyl sites for hydroxylation is 1. The lowest BCUT2D eigenvalue weighted by atomic mass is 10.0. The number of carbonyl (C=O) groups excluding carboxylic acids is 1. The Hall–Kier alpha value is -1.31. The Labute approximate surface area is 71.8 Å². The molecule has 0 spiro atoms. The van der Waals surface area contributed by atoms with Crippen molar-refractivity contribution >= 4 is 11.6 Å². The molecule has 0 atom stereocenters. The SMILES string of the molecule is CN1C(=O)CCc2c[c]ccc21. The lowest BCUT2D eigenvalue weighted by molar-refractivity contribution is -0.118. The van der Waals surface area contributed by atoms with Gasteiger partial charge < -0.3 is 4.90 Å². The van der Waals surface area contributed by atoms with Crippen molar-refractivity contribution in [3.63, 3.8) is 0 Å². The minimum atomic E-state index is 0.203. The minimum absolute atomic E-state index is 0.203. The van der Waals surface area contributed by atoms with E-state index in [1.807, 2.05) is 25.2 Å². The van der Waals surface area contributed by atoms with Crippen LogP contribution in [0.15, 0.2) is 18.2 Å². The fourth-order valence-electron chi connectivity index (χ4n) is 1.53. The second kappa shape index (κ2) is 2.63. The lowest BCUT2D eigenvalue weighted by Gasteiger charge is -2.25. The molecule has 1 heterocycles. The molecule has 1 aromatic carbocycles. The summed E-state index contributed by atoms with van der Waals surface area (Å²) < 4.78 is 0. The average molecular weight is 160 g/mol. The summed E-state index contributed by atoms with van der Waals surface area (Å²) in [6.07, 6.45) is 1.48. The molecule has 2 nitrogen and oxygen atoms in total. The highest BCUT2D eigenvalue weighted by Crippen LogP contribution is 2.25. The summed E-state index contributed by atoms with van der Waals surface area (Å²) >= 11 is 0. The average Bonchev–Trinajstić information content (AvgIpc) is 2.12. The summed E-state index contributed by atoms with van der Waals surface area (Å²) in [6, 6.07) is 8.75. The Kier molecular flexibility index (Phi) is 1.61. The van der Waals surface area contributed by atoms with E-state index in [0.717, 1.165) is 12.1 Å². The van der Waals surface area contributed by atoms with E-state index >= 15 is 0 Å². The molecular weight excluding hydrogens is 150 g/mol. The van der Waals surface area contributed by atoms with Gasteiger partial charge in [-0.1, -0.05) is 6.07 Å². The Morgan fingerprint density at radius 2 is 2.33 bits per heavy atom. The van der Waals surface area contributed by atoms with E-state index in [1.54, 1.807) is 4.90 Å². The van der Waals surface area contributed by atoms with Crippen molar-refractivity contribution in [2.45, 2.75) is 12.8 Å². The third-order valence-corrected chi connectivity index (χ3v) is 2.27. The fourth-order valence-corrected chi connectivity index (χ4v) is 1.53. The highest BCUT2D eigenvalue weighted by Gasteiger charge is 2.19. The van der Waals surface area contributed by atoms with Crippen LogP contribution in [0, 0.1) is 6.07 Å². The standard InChI is InChI=1S/C10H10NO/c1-11-9-5-3-2-4-8(9)6-7-10(11)12/h3-5H,6-7H2,1H3. The van der Waals surface area contributed by atoms with Gasteiger partial charge in [-0.05, 0) is 30.2 Å². The molecule has 0 unspecified atom stereocenters. The van der Waals surface area contributed by atoms with Crippen molar-refractivity contribution in [3.8, 4) is 0 Å². The number of hydrogen-bond donors (Lipinski definition) is 0. The Morgan fingerprint density at radius 3 is 3.17 bits per heavy atom. The van der Waals surface area contributed by atoms with Gasteiger partial charge in [-0.15, -0.1) is 0 Å². The maximum absolute atomic E-state index is 11.3. The molecule has 2 rings (SSSR count). The molecule has 61 valence electrons. The highest BCUT2D eigenvalue weighted by atomic mass is 16.2. The molecule has 0 N–H and O–H groups in total. The molecule has 1 radical (unpaired) electrons. The first-order valence-electron chi connectivity index (χ1n) is 4.04. The summed E-state index contributed by atoms with van der Waals surface area (Å²) in [4.78, 5) is 13.0. The van der Waals surface area contributed by atoms with Crippen LogP contribution in [0.2, 0.25) is 0 Å². The van der Waals surface area contributed by atoms with Gasteiger partial charge in [0.2, 0.25) is 5.91 Å². The van der Waals surface area contributed by atoms with E-state index in [0.29, 0.717) is 6.42 Å². The molecule has 0 saturated heterocycles. The zero-order chi connectivity index (χ0) is 8.55. The fraction of sp³-hybridized carbons (Fsp3) is 0.300. The maximum Gasteiger partial charge on any atom is 0.227 e. The second-order valence-corrected chi connectivity index (χ2v) is 3.01. The van der Waals surface area contributed by atoms with Crippen LogP contribution in [0.25, 0.3) is 0 Å². The predicted molar refractivity (Wildman–Crippen MR) is 47.0 cm³/mol. The van der Waals surface area contributed by atoms with Crippen LogP contribution in [0.5, 0.6) is 0 Å². The van der Waals surface area contributed by atoms with Crippen molar-refractivity contribution in [3.05, 3.63) is 29.8 Å². The number of rotatable bonds is 0. The molecular formula is C10H10NO. The minimum Gasteiger partial charge on any atom is -0.315 e. The Bertz CT molecular complexity index is 319. The van der Waals surface area contributed by atoms with Gasteiger partial charge in [-0.2, -0.15) is 0 Å². The van der Waals surface area contributed by atoms with Crippen LogP contribution in [0.4, 0.5) is 5.69 Å². The van der Waals surface area contributed by atoms with E-state index in [1.165, 1.54) is 5.56 Å². The van der Waals surface area contributed by atoms with Crippen LogP contribution in [0.3, 0.4) is 0 Å². The van der Waals surface area contributed by atoms with E-state index in [2.05, 4.69) is 6.07 Å². The van der Waals surface area contributed by atoms with Crippen molar-refractivity contribution in [1.29, 1.82) is 0 Å². The van der Waals surface area contributed by atoms with Gasteiger partial charge in [0.1, 0.15) is 0 Å². The Balaban J connectivity index is 2.48. The summed E-state index contributed by atoms with van der Waals surface area (Å²) in [7, 11) is 1.82. The van der Waals surface area contributed by atoms with Gasteiger partial charge in [-0.25, -0.2) is 0 Å². The zero-order valence-electron chi connectivity index (χ0n) is 7.00. The molecule has 0 aromatic heterocycles. The molecule has 12 heavy (non-hydrogen) atoms. The van der Waals surface area contributed by atoms with Crippen molar-refractivity contribution in [2.75, 3.05) is 11.9 Å². The largest absolute Gasteiger partial charge is 0.315 e. The number of fused-ring (bicyclic) bond motifs is 1. The third-order valence-electron chi connectivity index (χ3n) is 2.27. The molecule has 1 aliphatic rings. The second-order valence-electron chi connectivity index (χ2n) is 3.01. The van der Waals surface area contributed by atoms with Crippen molar-refractivity contribution in [1.82, 2.24) is 0 Å². The molecule has 1 amide bonds. The van der Waals surface area contributed by atoms with Crippen LogP contribution < -0.4 is 4.90 Å². The number of nitrogens with zero attached hydrogens (tertiary/aromatic N) is 1. The normalized spacial score (nSPS) is 16.1. The van der Waals surface area contributed by atoms with Crippen molar-refractivity contribution in [2.24, 2.45) is 0 Å². The first-order valence-corrected chi connectivity index (χ1v) is 4.04. The molecule has 2 heteroatoms. The molecule has 0 saturated carbocycles.